The van der Waals surface area contributed by atoms with E-state index in [0.29, 0.717) is 17.7 Å². The summed E-state index contributed by atoms with van der Waals surface area (Å²) in [5.74, 6) is -1.01. The van der Waals surface area contributed by atoms with Crippen LogP contribution in [0.5, 0.6) is 0 Å². The molecule has 0 aromatic heterocycles. The van der Waals surface area contributed by atoms with Gasteiger partial charge in [0.25, 0.3) is 0 Å². The highest BCUT2D eigenvalue weighted by atomic mass is 19.1. The Hall–Kier alpha value is -2.11. The number of nitrogens with two attached hydrogens (primary N) is 1. The second-order valence-electron chi connectivity index (χ2n) is 4.71. The summed E-state index contributed by atoms with van der Waals surface area (Å²) in [6.07, 6.45) is 2.17. The van der Waals surface area contributed by atoms with E-state index in [-0.39, 0.29) is 0 Å². The number of rotatable bonds is 6. The van der Waals surface area contributed by atoms with Crippen LogP contribution in [-0.2, 0) is 4.79 Å². The number of benzene rings is 1. The minimum absolute atomic E-state index is 0.332. The first kappa shape index (κ1) is 15.9. The number of hydrogen-bond donors (Lipinski definition) is 3. The third-order valence-corrected chi connectivity index (χ3v) is 2.80. The number of carbonyl (C=O) groups excluding carboxylic acids is 2. The van der Waals surface area contributed by atoms with Crippen molar-refractivity contribution in [3.63, 3.8) is 0 Å². The van der Waals surface area contributed by atoms with Crippen LogP contribution >= 0.6 is 0 Å². The molecule has 6 heteroatoms. The minimum Gasteiger partial charge on any atom is -0.368 e. The van der Waals surface area contributed by atoms with Gasteiger partial charge in [-0.05, 0) is 37.1 Å². The summed E-state index contributed by atoms with van der Waals surface area (Å²) in [5, 5.41) is 4.98. The van der Waals surface area contributed by atoms with E-state index in [4.69, 9.17) is 5.73 Å². The van der Waals surface area contributed by atoms with Crippen LogP contribution in [0.2, 0.25) is 0 Å². The Bertz CT molecular complexity index is 471. The molecule has 0 fully saturated rings. The van der Waals surface area contributed by atoms with Crippen LogP contribution in [0.1, 0.15) is 31.7 Å². The zero-order valence-corrected chi connectivity index (χ0v) is 11.7. The highest BCUT2D eigenvalue weighted by molar-refractivity contribution is 5.93. The molecular weight excluding hydrogens is 261 g/mol. The van der Waals surface area contributed by atoms with E-state index in [9.17, 15) is 14.0 Å². The number of aryl methyl sites for hydroxylation is 1. The van der Waals surface area contributed by atoms with Gasteiger partial charge in [0, 0.05) is 5.69 Å². The smallest absolute Gasteiger partial charge is 0.319 e. The summed E-state index contributed by atoms with van der Waals surface area (Å²) in [6.45, 7) is 3.70. The second kappa shape index (κ2) is 7.47. The standard InChI is InChI=1S/C14H20FN3O2/c1-3-4-5-12(13(16)19)18-14(20)17-11-7-9(2)6-10(15)8-11/h6-8,12H,3-5H2,1-2H3,(H2,16,19)(H2,17,18,20). The predicted molar refractivity (Wildman–Crippen MR) is 75.8 cm³/mol. The summed E-state index contributed by atoms with van der Waals surface area (Å²) in [5.41, 5.74) is 6.25. The van der Waals surface area contributed by atoms with Crippen molar-refractivity contribution >= 4 is 17.6 Å². The molecule has 0 aliphatic rings. The molecule has 5 nitrogen and oxygen atoms in total. The average Bonchev–Trinajstić information content (AvgIpc) is 2.32. The van der Waals surface area contributed by atoms with Crippen LogP contribution in [-0.4, -0.2) is 18.0 Å². The number of urea groups is 1. The molecule has 0 spiro atoms. The lowest BCUT2D eigenvalue weighted by Gasteiger charge is -2.15. The summed E-state index contributed by atoms with van der Waals surface area (Å²) in [6, 6.07) is 2.90. The van der Waals surface area contributed by atoms with E-state index in [2.05, 4.69) is 10.6 Å². The molecule has 1 aromatic rings. The topological polar surface area (TPSA) is 84.2 Å². The fraction of sp³-hybridized carbons (Fsp3) is 0.429. The van der Waals surface area contributed by atoms with Gasteiger partial charge in [-0.2, -0.15) is 0 Å². The van der Waals surface area contributed by atoms with Crippen molar-refractivity contribution < 1.29 is 14.0 Å². The molecule has 0 aliphatic carbocycles. The highest BCUT2D eigenvalue weighted by Gasteiger charge is 2.17. The SMILES string of the molecule is CCCCC(NC(=O)Nc1cc(C)cc(F)c1)C(N)=O. The zero-order valence-electron chi connectivity index (χ0n) is 11.7. The number of primary amides is 1. The minimum atomic E-state index is -0.718. The van der Waals surface area contributed by atoms with Gasteiger partial charge in [-0.25, -0.2) is 9.18 Å². The monoisotopic (exact) mass is 281 g/mol. The van der Waals surface area contributed by atoms with Crippen molar-refractivity contribution in [1.29, 1.82) is 0 Å². The molecule has 0 bridgehead atoms. The van der Waals surface area contributed by atoms with Crippen molar-refractivity contribution in [3.05, 3.63) is 29.6 Å². The van der Waals surface area contributed by atoms with Crippen molar-refractivity contribution in [2.45, 2.75) is 39.2 Å². The Morgan fingerprint density at radius 1 is 1.35 bits per heavy atom. The quantitative estimate of drug-likeness (QED) is 0.747. The van der Waals surface area contributed by atoms with Crippen LogP contribution in [0, 0.1) is 12.7 Å². The fourth-order valence-corrected chi connectivity index (χ4v) is 1.83. The van der Waals surface area contributed by atoms with Crippen molar-refractivity contribution in [3.8, 4) is 0 Å². The molecule has 1 atom stereocenters. The van der Waals surface area contributed by atoms with Crippen LogP contribution in [0.15, 0.2) is 18.2 Å². The second-order valence-corrected chi connectivity index (χ2v) is 4.71. The van der Waals surface area contributed by atoms with Gasteiger partial charge in [0.1, 0.15) is 11.9 Å². The van der Waals surface area contributed by atoms with Crippen LogP contribution in [0.4, 0.5) is 14.9 Å². The van der Waals surface area contributed by atoms with Gasteiger partial charge < -0.3 is 16.4 Å². The molecule has 20 heavy (non-hydrogen) atoms. The van der Waals surface area contributed by atoms with Gasteiger partial charge in [0.15, 0.2) is 0 Å². The zero-order chi connectivity index (χ0) is 15.1. The van der Waals surface area contributed by atoms with Crippen LogP contribution in [0.3, 0.4) is 0 Å². The number of amides is 3. The summed E-state index contributed by atoms with van der Waals surface area (Å²) in [4.78, 5) is 23.0. The molecule has 110 valence electrons. The van der Waals surface area contributed by atoms with Crippen molar-refractivity contribution in [2.24, 2.45) is 5.73 Å². The van der Waals surface area contributed by atoms with Gasteiger partial charge in [-0.3, -0.25) is 4.79 Å². The van der Waals surface area contributed by atoms with Gasteiger partial charge in [0.05, 0.1) is 0 Å². The first-order valence-corrected chi connectivity index (χ1v) is 6.56. The predicted octanol–water partition coefficient (Wildman–Crippen LogP) is 2.30. The van der Waals surface area contributed by atoms with E-state index in [0.717, 1.165) is 12.8 Å². The lowest BCUT2D eigenvalue weighted by Crippen LogP contribution is -2.46. The van der Waals surface area contributed by atoms with Crippen molar-refractivity contribution in [2.75, 3.05) is 5.32 Å². The first-order chi connectivity index (χ1) is 9.42. The molecule has 0 saturated carbocycles. The molecule has 0 heterocycles. The Labute approximate surface area is 117 Å². The number of hydrogen-bond acceptors (Lipinski definition) is 2. The third-order valence-electron chi connectivity index (χ3n) is 2.80. The van der Waals surface area contributed by atoms with Crippen molar-refractivity contribution in [1.82, 2.24) is 5.32 Å². The lowest BCUT2D eigenvalue weighted by atomic mass is 10.1. The number of nitrogens with one attached hydrogen (secondary N) is 2. The Balaban J connectivity index is 2.63. The Morgan fingerprint density at radius 2 is 2.05 bits per heavy atom. The van der Waals surface area contributed by atoms with E-state index >= 15 is 0 Å². The van der Waals surface area contributed by atoms with E-state index in [1.807, 2.05) is 6.92 Å². The average molecular weight is 281 g/mol. The van der Waals surface area contributed by atoms with Gasteiger partial charge in [-0.1, -0.05) is 19.8 Å². The van der Waals surface area contributed by atoms with Crippen LogP contribution < -0.4 is 16.4 Å². The fourth-order valence-electron chi connectivity index (χ4n) is 1.83. The van der Waals surface area contributed by atoms with E-state index in [1.54, 1.807) is 13.0 Å². The number of unbranched alkanes of at least 4 members (excludes halogenated alkanes) is 1. The van der Waals surface area contributed by atoms with E-state index < -0.39 is 23.8 Å². The maximum Gasteiger partial charge on any atom is 0.319 e. The van der Waals surface area contributed by atoms with Gasteiger partial charge in [-0.15, -0.1) is 0 Å². The number of carbonyl (C=O) groups is 2. The molecule has 3 amide bonds. The molecule has 1 aromatic carbocycles. The summed E-state index contributed by atoms with van der Waals surface area (Å²) < 4.78 is 13.2. The largest absolute Gasteiger partial charge is 0.368 e. The molecule has 1 unspecified atom stereocenters. The Morgan fingerprint density at radius 3 is 2.60 bits per heavy atom. The van der Waals surface area contributed by atoms with Gasteiger partial charge >= 0.3 is 6.03 Å². The maximum absolute atomic E-state index is 13.2. The molecule has 0 radical (unpaired) electrons. The van der Waals surface area contributed by atoms with Gasteiger partial charge in [0.2, 0.25) is 5.91 Å². The molecule has 4 N–H and O–H groups in total. The summed E-state index contributed by atoms with van der Waals surface area (Å²) >= 11 is 0. The summed E-state index contributed by atoms with van der Waals surface area (Å²) in [7, 11) is 0. The first-order valence-electron chi connectivity index (χ1n) is 6.56. The third kappa shape index (κ3) is 5.26. The lowest BCUT2D eigenvalue weighted by molar-refractivity contribution is -0.119. The maximum atomic E-state index is 13.2. The number of anilines is 1. The number of halogens is 1. The highest BCUT2D eigenvalue weighted by Crippen LogP contribution is 2.13. The van der Waals surface area contributed by atoms with Crippen LogP contribution in [0.25, 0.3) is 0 Å². The molecule has 0 aliphatic heterocycles. The molecule has 0 saturated heterocycles. The normalized spacial score (nSPS) is 11.8. The van der Waals surface area contributed by atoms with E-state index in [1.165, 1.54) is 12.1 Å². The molecular formula is C14H20FN3O2. The molecule has 1 rings (SSSR count). The Kier molecular flexibility index (Phi) is 5.96.